The predicted octanol–water partition coefficient (Wildman–Crippen LogP) is 2.88. The molecule has 0 radical (unpaired) electrons. The number of halogens is 3. The molecule has 0 saturated heterocycles. The Kier molecular flexibility index (Phi) is 5.76. The summed E-state index contributed by atoms with van der Waals surface area (Å²) in [6, 6.07) is 0. The highest BCUT2D eigenvalue weighted by Gasteiger charge is 2.38. The number of hydrogen-bond donors (Lipinski definition) is 2. The van der Waals surface area contributed by atoms with Crippen LogP contribution >= 0.6 is 0 Å². The Labute approximate surface area is 94.5 Å². The molecule has 0 heterocycles. The second-order valence-electron chi connectivity index (χ2n) is 5.10. The maximum atomic E-state index is 12.0. The van der Waals surface area contributed by atoms with E-state index in [2.05, 4.69) is 0 Å². The molecular formula is C11H21F3O2. The molecule has 0 spiro atoms. The Morgan fingerprint density at radius 2 is 1.69 bits per heavy atom. The zero-order chi connectivity index (χ0) is 13.0. The van der Waals surface area contributed by atoms with Crippen molar-refractivity contribution in [3.63, 3.8) is 0 Å². The molecule has 0 saturated carbocycles. The topological polar surface area (TPSA) is 40.5 Å². The van der Waals surface area contributed by atoms with Crippen molar-refractivity contribution in [3.8, 4) is 0 Å². The fourth-order valence-electron chi connectivity index (χ4n) is 1.52. The van der Waals surface area contributed by atoms with E-state index in [1.54, 1.807) is 20.8 Å². The molecule has 0 fully saturated rings. The SMILES string of the molecule is CC(CCCC(C)(C)O)CC(O)C(F)(F)F. The highest BCUT2D eigenvalue weighted by Crippen LogP contribution is 2.27. The van der Waals surface area contributed by atoms with Gasteiger partial charge in [0.2, 0.25) is 0 Å². The summed E-state index contributed by atoms with van der Waals surface area (Å²) in [4.78, 5) is 0. The molecule has 0 aliphatic carbocycles. The molecule has 2 atom stereocenters. The molecule has 0 aromatic carbocycles. The Hall–Kier alpha value is -0.290. The van der Waals surface area contributed by atoms with Crippen LogP contribution in [0.2, 0.25) is 0 Å². The van der Waals surface area contributed by atoms with E-state index < -0.39 is 17.9 Å². The molecule has 0 aromatic rings. The second-order valence-corrected chi connectivity index (χ2v) is 5.10. The molecule has 0 rings (SSSR count). The first-order valence-electron chi connectivity index (χ1n) is 5.49. The number of aliphatic hydroxyl groups excluding tert-OH is 1. The van der Waals surface area contributed by atoms with Crippen LogP contribution in [0.15, 0.2) is 0 Å². The molecule has 0 aliphatic heterocycles. The van der Waals surface area contributed by atoms with Crippen molar-refractivity contribution in [2.75, 3.05) is 0 Å². The van der Waals surface area contributed by atoms with Crippen molar-refractivity contribution in [3.05, 3.63) is 0 Å². The van der Waals surface area contributed by atoms with Crippen molar-refractivity contribution in [1.82, 2.24) is 0 Å². The minimum absolute atomic E-state index is 0.195. The summed E-state index contributed by atoms with van der Waals surface area (Å²) in [6.45, 7) is 5.02. The van der Waals surface area contributed by atoms with Gasteiger partial charge in [-0.2, -0.15) is 13.2 Å². The van der Waals surface area contributed by atoms with E-state index in [0.717, 1.165) is 0 Å². The van der Waals surface area contributed by atoms with Crippen LogP contribution in [0.4, 0.5) is 13.2 Å². The lowest BCUT2D eigenvalue weighted by molar-refractivity contribution is -0.208. The van der Waals surface area contributed by atoms with Crippen LogP contribution in [-0.4, -0.2) is 28.1 Å². The van der Waals surface area contributed by atoms with Crippen molar-refractivity contribution in [2.45, 2.75) is 64.3 Å². The smallest absolute Gasteiger partial charge is 0.390 e. The monoisotopic (exact) mass is 242 g/mol. The molecule has 0 aliphatic rings. The van der Waals surface area contributed by atoms with E-state index in [9.17, 15) is 18.3 Å². The van der Waals surface area contributed by atoms with Gasteiger partial charge in [0.05, 0.1) is 5.60 Å². The summed E-state index contributed by atoms with van der Waals surface area (Å²) in [5.41, 5.74) is -0.775. The van der Waals surface area contributed by atoms with E-state index in [4.69, 9.17) is 5.11 Å². The van der Waals surface area contributed by atoms with Crippen LogP contribution < -0.4 is 0 Å². The fraction of sp³-hybridized carbons (Fsp3) is 1.00. The third-order valence-electron chi connectivity index (χ3n) is 2.49. The average molecular weight is 242 g/mol. The zero-order valence-corrected chi connectivity index (χ0v) is 10.0. The van der Waals surface area contributed by atoms with Gasteiger partial charge in [0.1, 0.15) is 6.10 Å². The Morgan fingerprint density at radius 1 is 1.19 bits per heavy atom. The van der Waals surface area contributed by atoms with Crippen LogP contribution in [0.3, 0.4) is 0 Å². The summed E-state index contributed by atoms with van der Waals surface area (Å²) >= 11 is 0. The van der Waals surface area contributed by atoms with Crippen LogP contribution in [0.1, 0.15) is 46.5 Å². The fourth-order valence-corrected chi connectivity index (χ4v) is 1.52. The summed E-state index contributed by atoms with van der Waals surface area (Å²) < 4.78 is 36.1. The second kappa shape index (κ2) is 5.87. The van der Waals surface area contributed by atoms with E-state index in [1.165, 1.54) is 0 Å². The van der Waals surface area contributed by atoms with Gasteiger partial charge in [-0.3, -0.25) is 0 Å². The van der Waals surface area contributed by atoms with Crippen LogP contribution in [0.5, 0.6) is 0 Å². The van der Waals surface area contributed by atoms with Gasteiger partial charge >= 0.3 is 6.18 Å². The molecule has 5 heteroatoms. The van der Waals surface area contributed by atoms with Gasteiger partial charge in [0.15, 0.2) is 0 Å². The third-order valence-corrected chi connectivity index (χ3v) is 2.49. The lowest BCUT2D eigenvalue weighted by atomic mass is 9.93. The van der Waals surface area contributed by atoms with Gasteiger partial charge in [0.25, 0.3) is 0 Å². The Morgan fingerprint density at radius 3 is 2.06 bits per heavy atom. The molecule has 2 N–H and O–H groups in total. The maximum Gasteiger partial charge on any atom is 0.414 e. The zero-order valence-electron chi connectivity index (χ0n) is 10.0. The summed E-state index contributed by atoms with van der Waals surface area (Å²) in [7, 11) is 0. The molecule has 0 aromatic heterocycles. The highest BCUT2D eigenvalue weighted by molar-refractivity contribution is 4.70. The molecule has 2 nitrogen and oxygen atoms in total. The van der Waals surface area contributed by atoms with E-state index in [-0.39, 0.29) is 12.3 Å². The summed E-state index contributed by atoms with van der Waals surface area (Å²) in [6.07, 6.45) is -5.23. The van der Waals surface area contributed by atoms with Gasteiger partial charge in [0, 0.05) is 0 Å². The number of alkyl halides is 3. The Bertz CT molecular complexity index is 196. The first-order valence-corrected chi connectivity index (χ1v) is 5.49. The molecule has 0 bridgehead atoms. The maximum absolute atomic E-state index is 12.0. The molecule has 16 heavy (non-hydrogen) atoms. The predicted molar refractivity (Wildman–Crippen MR) is 56.0 cm³/mol. The van der Waals surface area contributed by atoms with E-state index in [1.807, 2.05) is 0 Å². The first kappa shape index (κ1) is 15.7. The number of rotatable bonds is 6. The number of hydrogen-bond acceptors (Lipinski definition) is 2. The standard InChI is InChI=1S/C11H21F3O2/c1-8(5-4-6-10(2,3)16)7-9(15)11(12,13)14/h8-9,15-16H,4-7H2,1-3H3. The van der Waals surface area contributed by atoms with Crippen molar-refractivity contribution in [1.29, 1.82) is 0 Å². The minimum Gasteiger partial charge on any atom is -0.390 e. The van der Waals surface area contributed by atoms with E-state index >= 15 is 0 Å². The van der Waals surface area contributed by atoms with Crippen LogP contribution in [0.25, 0.3) is 0 Å². The lowest BCUT2D eigenvalue weighted by Gasteiger charge is -2.21. The summed E-state index contributed by atoms with van der Waals surface area (Å²) in [5, 5.41) is 18.3. The normalized spacial score (nSPS) is 17.2. The molecule has 2 unspecified atom stereocenters. The van der Waals surface area contributed by atoms with Gasteiger partial charge in [-0.25, -0.2) is 0 Å². The Balaban J connectivity index is 3.79. The van der Waals surface area contributed by atoms with Gasteiger partial charge in [-0.05, 0) is 32.6 Å². The quantitative estimate of drug-likeness (QED) is 0.752. The third kappa shape index (κ3) is 7.93. The summed E-state index contributed by atoms with van der Waals surface area (Å²) in [5.74, 6) is -0.195. The molecule has 98 valence electrons. The van der Waals surface area contributed by atoms with Gasteiger partial charge < -0.3 is 10.2 Å². The van der Waals surface area contributed by atoms with Crippen LogP contribution in [-0.2, 0) is 0 Å². The molecule has 0 amide bonds. The molecular weight excluding hydrogens is 221 g/mol. The first-order chi connectivity index (χ1) is 7.02. The highest BCUT2D eigenvalue weighted by atomic mass is 19.4. The van der Waals surface area contributed by atoms with Gasteiger partial charge in [-0.15, -0.1) is 0 Å². The largest absolute Gasteiger partial charge is 0.414 e. The van der Waals surface area contributed by atoms with Crippen molar-refractivity contribution >= 4 is 0 Å². The average Bonchev–Trinajstić information content (AvgIpc) is 1.99. The van der Waals surface area contributed by atoms with Gasteiger partial charge in [-0.1, -0.05) is 19.8 Å². The lowest BCUT2D eigenvalue weighted by Crippen LogP contribution is -2.30. The minimum atomic E-state index is -4.52. The van der Waals surface area contributed by atoms with E-state index in [0.29, 0.717) is 19.3 Å². The van der Waals surface area contributed by atoms with Crippen molar-refractivity contribution in [2.24, 2.45) is 5.92 Å². The van der Waals surface area contributed by atoms with Crippen LogP contribution in [0, 0.1) is 5.92 Å². The number of aliphatic hydroxyl groups is 2. The van der Waals surface area contributed by atoms with Crippen molar-refractivity contribution < 1.29 is 23.4 Å².